The van der Waals surface area contributed by atoms with E-state index in [-0.39, 0.29) is 11.3 Å². The van der Waals surface area contributed by atoms with E-state index >= 15 is 0 Å². The van der Waals surface area contributed by atoms with Gasteiger partial charge in [0.15, 0.2) is 11.5 Å². The van der Waals surface area contributed by atoms with E-state index in [1.54, 1.807) is 42.5 Å². The molecular weight excluding hydrogens is 408 g/mol. The molecule has 1 N–H and O–H groups in total. The van der Waals surface area contributed by atoms with Gasteiger partial charge in [-0.3, -0.25) is 14.9 Å². The Balaban J connectivity index is 1.97. The Morgan fingerprint density at radius 1 is 1.00 bits per heavy atom. The summed E-state index contributed by atoms with van der Waals surface area (Å²) in [5, 5.41) is 2.73. The summed E-state index contributed by atoms with van der Waals surface area (Å²) in [5.41, 5.74) is 0.700. The first-order valence-corrected chi connectivity index (χ1v) is 9.89. The first kappa shape index (κ1) is 21.4. The summed E-state index contributed by atoms with van der Waals surface area (Å²) >= 11 is 5.88. The lowest BCUT2D eigenvalue weighted by atomic mass is 10.1. The van der Waals surface area contributed by atoms with Crippen molar-refractivity contribution in [1.29, 1.82) is 0 Å². The minimum absolute atomic E-state index is 0.166. The van der Waals surface area contributed by atoms with E-state index in [9.17, 15) is 14.4 Å². The quantitative estimate of drug-likeness (QED) is 0.528. The molecule has 0 aliphatic carbocycles. The summed E-state index contributed by atoms with van der Waals surface area (Å²) in [5.74, 6) is -0.572. The average Bonchev–Trinajstić information content (AvgIpc) is 2.72. The molecule has 0 saturated carbocycles. The van der Waals surface area contributed by atoms with E-state index in [0.717, 1.165) is 11.3 Å². The number of carbonyl (C=O) groups is 3. The van der Waals surface area contributed by atoms with Crippen LogP contribution in [0.25, 0.3) is 6.08 Å². The number of carbonyl (C=O) groups excluding carboxylic acids is 3. The largest absolute Gasteiger partial charge is 0.490 e. The molecule has 2 aromatic carbocycles. The molecule has 7 nitrogen and oxygen atoms in total. The fraction of sp³-hybridized carbons (Fsp3) is 0.227. The second kappa shape index (κ2) is 9.45. The number of benzene rings is 2. The second-order valence-corrected chi connectivity index (χ2v) is 6.86. The maximum atomic E-state index is 13.0. The molecule has 0 spiro atoms. The van der Waals surface area contributed by atoms with E-state index in [1.807, 2.05) is 13.8 Å². The van der Waals surface area contributed by atoms with Crippen molar-refractivity contribution in [3.05, 3.63) is 58.6 Å². The van der Waals surface area contributed by atoms with Crippen LogP contribution in [-0.2, 0) is 9.59 Å². The van der Waals surface area contributed by atoms with Crippen LogP contribution >= 0.6 is 11.6 Å². The number of nitrogens with one attached hydrogen (secondary N) is 1. The number of urea groups is 1. The van der Waals surface area contributed by atoms with Crippen molar-refractivity contribution in [2.24, 2.45) is 0 Å². The molecule has 0 bridgehead atoms. The predicted molar refractivity (Wildman–Crippen MR) is 114 cm³/mol. The van der Waals surface area contributed by atoms with Crippen molar-refractivity contribution in [2.45, 2.75) is 20.3 Å². The van der Waals surface area contributed by atoms with Gasteiger partial charge in [0.25, 0.3) is 11.8 Å². The zero-order valence-electron chi connectivity index (χ0n) is 16.6. The Bertz CT molecular complexity index is 1000. The van der Waals surface area contributed by atoms with E-state index < -0.39 is 17.8 Å². The van der Waals surface area contributed by atoms with Crippen LogP contribution in [0.15, 0.2) is 48.0 Å². The van der Waals surface area contributed by atoms with Gasteiger partial charge in [-0.05, 0) is 49.2 Å². The van der Waals surface area contributed by atoms with Gasteiger partial charge in [0.1, 0.15) is 5.57 Å². The smallest absolute Gasteiger partial charge is 0.335 e. The standard InChI is InChI=1S/C22H21ClN2O5/c1-3-11-30-18-10-9-16(13-19(18)29-4-2)25-21(27)17(20(26)24-22(25)28)12-14-5-7-15(23)8-6-14/h5-10,12-13H,3-4,11H2,1-2H3,(H,24,26,28)/b17-12+. The van der Waals surface area contributed by atoms with Gasteiger partial charge in [0.05, 0.1) is 18.9 Å². The summed E-state index contributed by atoms with van der Waals surface area (Å²) in [6, 6.07) is 10.5. The maximum absolute atomic E-state index is 13.0. The third-order valence-electron chi connectivity index (χ3n) is 4.23. The molecule has 1 saturated heterocycles. The van der Waals surface area contributed by atoms with E-state index in [2.05, 4.69) is 5.32 Å². The van der Waals surface area contributed by atoms with Crippen molar-refractivity contribution in [3.8, 4) is 11.5 Å². The van der Waals surface area contributed by atoms with Crippen molar-refractivity contribution in [3.63, 3.8) is 0 Å². The molecule has 30 heavy (non-hydrogen) atoms. The summed E-state index contributed by atoms with van der Waals surface area (Å²) in [6.07, 6.45) is 2.23. The molecule has 0 radical (unpaired) electrons. The molecule has 1 heterocycles. The van der Waals surface area contributed by atoms with Crippen LogP contribution in [0.3, 0.4) is 0 Å². The minimum atomic E-state index is -0.831. The van der Waals surface area contributed by atoms with Gasteiger partial charge >= 0.3 is 6.03 Å². The van der Waals surface area contributed by atoms with Gasteiger partial charge in [-0.2, -0.15) is 0 Å². The summed E-state index contributed by atoms with van der Waals surface area (Å²) in [7, 11) is 0. The normalized spacial score (nSPS) is 15.4. The fourth-order valence-corrected chi connectivity index (χ4v) is 2.98. The molecule has 1 aliphatic rings. The van der Waals surface area contributed by atoms with Crippen molar-refractivity contribution < 1.29 is 23.9 Å². The highest BCUT2D eigenvalue weighted by atomic mass is 35.5. The number of halogens is 1. The van der Waals surface area contributed by atoms with Gasteiger partial charge in [0, 0.05) is 11.1 Å². The number of hydrogen-bond donors (Lipinski definition) is 1. The lowest BCUT2D eigenvalue weighted by Gasteiger charge is -2.27. The van der Waals surface area contributed by atoms with Crippen molar-refractivity contribution in [2.75, 3.05) is 18.1 Å². The van der Waals surface area contributed by atoms with Crippen LogP contribution in [0.4, 0.5) is 10.5 Å². The number of barbiturate groups is 1. The summed E-state index contributed by atoms with van der Waals surface area (Å²) in [6.45, 7) is 4.69. The minimum Gasteiger partial charge on any atom is -0.490 e. The molecule has 156 valence electrons. The third-order valence-corrected chi connectivity index (χ3v) is 4.48. The highest BCUT2D eigenvalue weighted by Gasteiger charge is 2.37. The van der Waals surface area contributed by atoms with Crippen LogP contribution in [0.5, 0.6) is 11.5 Å². The Kier molecular flexibility index (Phi) is 6.74. The van der Waals surface area contributed by atoms with Crippen LogP contribution < -0.4 is 19.7 Å². The number of hydrogen-bond acceptors (Lipinski definition) is 5. The lowest BCUT2D eigenvalue weighted by Crippen LogP contribution is -2.54. The second-order valence-electron chi connectivity index (χ2n) is 6.42. The monoisotopic (exact) mass is 428 g/mol. The molecule has 0 unspecified atom stereocenters. The van der Waals surface area contributed by atoms with E-state index in [1.165, 1.54) is 6.08 Å². The lowest BCUT2D eigenvalue weighted by molar-refractivity contribution is -0.122. The highest BCUT2D eigenvalue weighted by molar-refractivity contribution is 6.39. The Morgan fingerprint density at radius 2 is 1.73 bits per heavy atom. The predicted octanol–water partition coefficient (Wildman–Crippen LogP) is 4.19. The van der Waals surface area contributed by atoms with Gasteiger partial charge in [0.2, 0.25) is 0 Å². The number of imide groups is 2. The summed E-state index contributed by atoms with van der Waals surface area (Å²) in [4.78, 5) is 38.6. The highest BCUT2D eigenvalue weighted by Crippen LogP contribution is 2.33. The number of anilines is 1. The van der Waals surface area contributed by atoms with Gasteiger partial charge < -0.3 is 9.47 Å². The Labute approximate surface area is 179 Å². The molecule has 2 aromatic rings. The topological polar surface area (TPSA) is 84.9 Å². The van der Waals surface area contributed by atoms with E-state index in [4.69, 9.17) is 21.1 Å². The number of amides is 4. The van der Waals surface area contributed by atoms with Crippen molar-refractivity contribution >= 4 is 41.2 Å². The van der Waals surface area contributed by atoms with Crippen LogP contribution in [-0.4, -0.2) is 31.1 Å². The molecule has 0 aromatic heterocycles. The molecule has 0 atom stereocenters. The first-order valence-electron chi connectivity index (χ1n) is 9.51. The number of rotatable bonds is 7. The molecule has 1 fully saturated rings. The van der Waals surface area contributed by atoms with Gasteiger partial charge in [-0.1, -0.05) is 30.7 Å². The Morgan fingerprint density at radius 3 is 2.40 bits per heavy atom. The maximum Gasteiger partial charge on any atom is 0.335 e. The zero-order valence-corrected chi connectivity index (χ0v) is 17.4. The molecule has 8 heteroatoms. The molecule has 1 aliphatic heterocycles. The van der Waals surface area contributed by atoms with Crippen molar-refractivity contribution in [1.82, 2.24) is 5.32 Å². The van der Waals surface area contributed by atoms with Crippen LogP contribution in [0, 0.1) is 0 Å². The molecule has 3 rings (SSSR count). The third kappa shape index (κ3) is 4.63. The van der Waals surface area contributed by atoms with Crippen LogP contribution in [0.2, 0.25) is 5.02 Å². The summed E-state index contributed by atoms with van der Waals surface area (Å²) < 4.78 is 11.3. The average molecular weight is 429 g/mol. The van der Waals surface area contributed by atoms with Crippen LogP contribution in [0.1, 0.15) is 25.8 Å². The zero-order chi connectivity index (χ0) is 21.7. The number of nitrogens with zero attached hydrogens (tertiary/aromatic N) is 1. The van der Waals surface area contributed by atoms with Gasteiger partial charge in [-0.25, -0.2) is 9.69 Å². The van der Waals surface area contributed by atoms with E-state index in [0.29, 0.717) is 35.3 Å². The molecule has 4 amide bonds. The SMILES string of the molecule is CCCOc1ccc(N2C(=O)NC(=O)/C(=C\c3ccc(Cl)cc3)C2=O)cc1OCC. The fourth-order valence-electron chi connectivity index (χ4n) is 2.85. The molecular formula is C22H21ClN2O5. The van der Waals surface area contributed by atoms with Gasteiger partial charge in [-0.15, -0.1) is 0 Å². The first-order chi connectivity index (χ1) is 14.4. The Hall–Kier alpha value is -3.32. The number of ether oxygens (including phenoxy) is 2.